The Morgan fingerprint density at radius 2 is 1.89 bits per heavy atom. The summed E-state index contributed by atoms with van der Waals surface area (Å²) < 4.78 is 5.42. The van der Waals surface area contributed by atoms with Gasteiger partial charge in [0.15, 0.2) is 11.3 Å². The van der Waals surface area contributed by atoms with Crippen molar-refractivity contribution in [3.8, 4) is 11.6 Å². The van der Waals surface area contributed by atoms with Crippen LogP contribution in [0.15, 0.2) is 4.79 Å². The molecule has 1 fully saturated rings. The van der Waals surface area contributed by atoms with Gasteiger partial charge in [-0.1, -0.05) is 6.92 Å². The van der Waals surface area contributed by atoms with E-state index in [0.717, 1.165) is 17.4 Å². The van der Waals surface area contributed by atoms with Crippen molar-refractivity contribution in [3.63, 3.8) is 0 Å². The van der Waals surface area contributed by atoms with Crippen LogP contribution in [0, 0.1) is 11.8 Å². The van der Waals surface area contributed by atoms with Crippen molar-refractivity contribution < 1.29 is 34.4 Å². The number of aromatic nitrogens is 1. The van der Waals surface area contributed by atoms with Gasteiger partial charge in [-0.25, -0.2) is 4.79 Å². The zero-order valence-electron chi connectivity index (χ0n) is 15.0. The van der Waals surface area contributed by atoms with Crippen LogP contribution in [0.25, 0.3) is 0 Å². The van der Waals surface area contributed by atoms with Crippen molar-refractivity contribution in [3.05, 3.63) is 21.5 Å². The minimum atomic E-state index is -1.70. The topological polar surface area (TPSA) is 155 Å². The van der Waals surface area contributed by atoms with Crippen molar-refractivity contribution >= 4 is 17.8 Å². The van der Waals surface area contributed by atoms with Crippen molar-refractivity contribution in [2.75, 3.05) is 13.2 Å². The summed E-state index contributed by atoms with van der Waals surface area (Å²) in [6.07, 6.45) is 1.93. The summed E-state index contributed by atoms with van der Waals surface area (Å²) in [5.74, 6) is -5.35. The van der Waals surface area contributed by atoms with E-state index in [1.807, 2.05) is 6.92 Å². The van der Waals surface area contributed by atoms with Gasteiger partial charge >= 0.3 is 11.9 Å². The molecule has 1 atom stereocenters. The molecule has 10 heteroatoms. The van der Waals surface area contributed by atoms with E-state index >= 15 is 0 Å². The molecular weight excluding hydrogens is 360 g/mol. The lowest BCUT2D eigenvalue weighted by Crippen LogP contribution is -2.37. The first-order valence-corrected chi connectivity index (χ1v) is 8.54. The Morgan fingerprint density at radius 1 is 1.26 bits per heavy atom. The lowest BCUT2D eigenvalue weighted by atomic mass is 10.1. The standard InChI is InChI=1S/C17H22N2O8/c1-3-27-10(20)6-18-14(22)11-13(21)12(17(25)26)16(24)19(15(11)23)7-8(2)9-4-5-9/h8-9,21,24H,3-7H2,1-2H3,(H,18,22)(H,25,26). The van der Waals surface area contributed by atoms with Gasteiger partial charge in [0.1, 0.15) is 12.1 Å². The first-order chi connectivity index (χ1) is 12.7. The van der Waals surface area contributed by atoms with E-state index in [0.29, 0.717) is 5.92 Å². The molecule has 0 aromatic carbocycles. The molecule has 2 rings (SSSR count). The third kappa shape index (κ3) is 4.39. The number of pyridine rings is 1. The second-order valence-electron chi connectivity index (χ2n) is 6.45. The number of ether oxygens (including phenoxy) is 1. The van der Waals surface area contributed by atoms with E-state index in [1.54, 1.807) is 6.92 Å². The predicted molar refractivity (Wildman–Crippen MR) is 91.8 cm³/mol. The number of aromatic hydroxyl groups is 2. The molecule has 4 N–H and O–H groups in total. The van der Waals surface area contributed by atoms with Crippen LogP contribution in [0.3, 0.4) is 0 Å². The number of esters is 1. The SMILES string of the molecule is CCOC(=O)CNC(=O)c1c(O)c(C(=O)O)c(O)n(CC(C)C2CC2)c1=O. The summed E-state index contributed by atoms with van der Waals surface area (Å²) >= 11 is 0. The molecule has 1 aliphatic carbocycles. The average Bonchev–Trinajstić information content (AvgIpc) is 3.41. The Balaban J connectivity index is 2.44. The number of hydrogen-bond acceptors (Lipinski definition) is 7. The Labute approximate surface area is 154 Å². The molecule has 27 heavy (non-hydrogen) atoms. The monoisotopic (exact) mass is 382 g/mol. The Hall–Kier alpha value is -3.04. The van der Waals surface area contributed by atoms with E-state index in [1.165, 1.54) is 0 Å². The molecule has 1 aromatic heterocycles. The van der Waals surface area contributed by atoms with Gasteiger partial charge in [0.2, 0.25) is 5.88 Å². The third-order valence-corrected chi connectivity index (χ3v) is 4.45. The largest absolute Gasteiger partial charge is 0.506 e. The highest BCUT2D eigenvalue weighted by atomic mass is 16.5. The molecule has 1 aromatic rings. The molecule has 0 saturated heterocycles. The van der Waals surface area contributed by atoms with Crippen LogP contribution in [0.1, 0.15) is 47.4 Å². The number of carbonyl (C=O) groups is 3. The van der Waals surface area contributed by atoms with E-state index < -0.39 is 52.7 Å². The molecule has 1 amide bonds. The maximum absolute atomic E-state index is 12.6. The van der Waals surface area contributed by atoms with Crippen LogP contribution >= 0.6 is 0 Å². The van der Waals surface area contributed by atoms with Crippen LogP contribution in [0.2, 0.25) is 0 Å². The quantitative estimate of drug-likeness (QED) is 0.468. The molecule has 0 aliphatic heterocycles. The smallest absolute Gasteiger partial charge is 0.345 e. The van der Waals surface area contributed by atoms with Crippen molar-refractivity contribution in [1.29, 1.82) is 0 Å². The Kier molecular flexibility index (Phi) is 6.09. The van der Waals surface area contributed by atoms with Gasteiger partial charge in [0, 0.05) is 6.54 Å². The van der Waals surface area contributed by atoms with Crippen molar-refractivity contribution in [2.24, 2.45) is 11.8 Å². The van der Waals surface area contributed by atoms with Gasteiger partial charge in [-0.15, -0.1) is 0 Å². The highest BCUT2D eigenvalue weighted by Crippen LogP contribution is 2.38. The molecule has 1 unspecified atom stereocenters. The summed E-state index contributed by atoms with van der Waals surface area (Å²) in [7, 11) is 0. The normalized spacial score (nSPS) is 14.4. The van der Waals surface area contributed by atoms with E-state index in [-0.39, 0.29) is 19.1 Å². The number of carbonyl (C=O) groups excluding carboxylic acids is 2. The summed E-state index contributed by atoms with van der Waals surface area (Å²) in [4.78, 5) is 47.7. The van der Waals surface area contributed by atoms with Gasteiger partial charge in [0.05, 0.1) is 6.61 Å². The van der Waals surface area contributed by atoms with E-state index in [9.17, 15) is 34.5 Å². The first kappa shape index (κ1) is 20.3. The minimum absolute atomic E-state index is 0.00590. The Morgan fingerprint density at radius 3 is 2.41 bits per heavy atom. The van der Waals surface area contributed by atoms with Crippen LogP contribution in [0.5, 0.6) is 11.6 Å². The van der Waals surface area contributed by atoms with Gasteiger partial charge < -0.3 is 25.4 Å². The van der Waals surface area contributed by atoms with Crippen LogP contribution in [0.4, 0.5) is 0 Å². The number of rotatable bonds is 8. The molecule has 1 heterocycles. The van der Waals surface area contributed by atoms with Crippen LogP contribution in [-0.2, 0) is 16.1 Å². The fraction of sp³-hybridized carbons (Fsp3) is 0.529. The highest BCUT2D eigenvalue weighted by molar-refractivity contribution is 6.03. The summed E-state index contributed by atoms with van der Waals surface area (Å²) in [6.45, 7) is 2.94. The lowest BCUT2D eigenvalue weighted by molar-refractivity contribution is -0.141. The zero-order chi connectivity index (χ0) is 20.3. The van der Waals surface area contributed by atoms with Crippen molar-refractivity contribution in [1.82, 2.24) is 9.88 Å². The minimum Gasteiger partial charge on any atom is -0.506 e. The molecule has 1 saturated carbocycles. The number of hydrogen-bond donors (Lipinski definition) is 4. The van der Waals surface area contributed by atoms with Crippen LogP contribution in [-0.4, -0.2) is 50.9 Å². The number of nitrogens with zero attached hydrogens (tertiary/aromatic N) is 1. The summed E-state index contributed by atoms with van der Waals surface area (Å²) in [5, 5.41) is 31.7. The number of carboxylic acids is 1. The van der Waals surface area contributed by atoms with Gasteiger partial charge in [-0.3, -0.25) is 19.0 Å². The lowest BCUT2D eigenvalue weighted by Gasteiger charge is -2.18. The number of aromatic carboxylic acids is 1. The van der Waals surface area contributed by atoms with E-state index in [4.69, 9.17) is 0 Å². The second-order valence-corrected chi connectivity index (χ2v) is 6.45. The van der Waals surface area contributed by atoms with Gasteiger partial charge in [-0.2, -0.15) is 0 Å². The molecule has 0 radical (unpaired) electrons. The van der Waals surface area contributed by atoms with Gasteiger partial charge in [-0.05, 0) is 31.6 Å². The number of amides is 1. The maximum atomic E-state index is 12.6. The summed E-state index contributed by atoms with van der Waals surface area (Å²) in [5.41, 5.74) is -2.83. The summed E-state index contributed by atoms with van der Waals surface area (Å²) in [6, 6.07) is 0. The zero-order valence-corrected chi connectivity index (χ0v) is 15.0. The average molecular weight is 382 g/mol. The molecule has 148 valence electrons. The number of carboxylic acid groups (broad SMARTS) is 1. The highest BCUT2D eigenvalue weighted by Gasteiger charge is 2.33. The number of nitrogens with one attached hydrogen (secondary N) is 1. The molecular formula is C17H22N2O8. The Bertz CT molecular complexity index is 825. The molecule has 10 nitrogen and oxygen atoms in total. The fourth-order valence-electron chi connectivity index (χ4n) is 2.82. The van der Waals surface area contributed by atoms with Gasteiger partial charge in [0.25, 0.3) is 11.5 Å². The molecule has 0 bridgehead atoms. The first-order valence-electron chi connectivity index (χ1n) is 8.54. The maximum Gasteiger partial charge on any atom is 0.345 e. The predicted octanol–water partition coefficient (Wildman–Crippen LogP) is 0.297. The molecule has 1 aliphatic rings. The van der Waals surface area contributed by atoms with Crippen molar-refractivity contribution in [2.45, 2.75) is 33.2 Å². The fourth-order valence-corrected chi connectivity index (χ4v) is 2.82. The third-order valence-electron chi connectivity index (χ3n) is 4.45. The van der Waals surface area contributed by atoms with Crippen LogP contribution < -0.4 is 10.9 Å². The molecule has 0 spiro atoms. The van der Waals surface area contributed by atoms with E-state index in [2.05, 4.69) is 10.1 Å². The second kappa shape index (κ2) is 8.11.